The molecule has 100 valence electrons. The van der Waals surface area contributed by atoms with Gasteiger partial charge in [-0.15, -0.1) is 0 Å². The van der Waals surface area contributed by atoms with Crippen molar-refractivity contribution in [1.29, 1.82) is 0 Å². The number of aromatic hydroxyl groups is 1. The largest absolute Gasteiger partial charge is 0.508 e. The molecule has 0 aliphatic carbocycles. The first kappa shape index (κ1) is 13.1. The summed E-state index contributed by atoms with van der Waals surface area (Å²) in [5, 5.41) is 23.9. The monoisotopic (exact) mass is 262 g/mol. The third kappa shape index (κ3) is 2.74. The first-order chi connectivity index (χ1) is 8.99. The molecule has 1 heterocycles. The molecule has 1 fully saturated rings. The van der Waals surface area contributed by atoms with Gasteiger partial charge < -0.3 is 20.8 Å². The number of anilines is 1. The van der Waals surface area contributed by atoms with Crippen LogP contribution in [0.4, 0.5) is 5.69 Å². The van der Waals surface area contributed by atoms with Gasteiger partial charge in [-0.05, 0) is 30.7 Å². The molecule has 1 saturated heterocycles. The second-order valence-electron chi connectivity index (χ2n) is 4.32. The Morgan fingerprint density at radius 2 is 2.00 bits per heavy atom. The summed E-state index contributed by atoms with van der Waals surface area (Å²) in [5.41, 5.74) is 1.62. The molecule has 0 radical (unpaired) electrons. The predicted octanol–water partition coefficient (Wildman–Crippen LogP) is 0.949. The number of benzene rings is 1. The highest BCUT2D eigenvalue weighted by atomic mass is 16.4. The van der Waals surface area contributed by atoms with Crippen molar-refractivity contribution in [2.75, 3.05) is 18.4 Å². The minimum Gasteiger partial charge on any atom is -0.508 e. The number of hydrogen-bond acceptors (Lipinski definition) is 4. The first-order valence-corrected chi connectivity index (χ1v) is 5.76. The minimum absolute atomic E-state index is 0.141. The Labute approximate surface area is 109 Å². The van der Waals surface area contributed by atoms with E-state index in [4.69, 9.17) is 5.11 Å². The second kappa shape index (κ2) is 5.11. The summed E-state index contributed by atoms with van der Waals surface area (Å²) in [6.07, 6.45) is 0. The van der Waals surface area contributed by atoms with Crippen molar-refractivity contribution >= 4 is 17.6 Å². The summed E-state index contributed by atoms with van der Waals surface area (Å²) >= 11 is 0. The molecule has 0 bridgehead atoms. The maximum absolute atomic E-state index is 12.0. The smallest absolute Gasteiger partial charge is 0.337 e. The van der Waals surface area contributed by atoms with E-state index in [1.54, 1.807) is 6.92 Å². The Kier molecular flexibility index (Phi) is 3.52. The fourth-order valence-corrected chi connectivity index (χ4v) is 1.71. The molecule has 2 rings (SSSR count). The topological polar surface area (TPSA) is 98.7 Å². The minimum atomic E-state index is -1.21. The number of hydrogen-bond donors (Lipinski definition) is 4. The summed E-state index contributed by atoms with van der Waals surface area (Å²) in [7, 11) is 0. The van der Waals surface area contributed by atoms with Gasteiger partial charge in [0.2, 0.25) is 0 Å². The number of phenolic OH excluding ortho intramolecular Hbond substituents is 1. The lowest BCUT2D eigenvalue weighted by atomic mass is 10.0. The number of nitrogens with one attached hydrogen (secondary N) is 2. The van der Waals surface area contributed by atoms with Gasteiger partial charge in [0, 0.05) is 18.7 Å². The Bertz CT molecular complexity index is 572. The van der Waals surface area contributed by atoms with Gasteiger partial charge in [-0.2, -0.15) is 0 Å². The van der Waals surface area contributed by atoms with E-state index < -0.39 is 5.97 Å². The average Bonchev–Trinajstić information content (AvgIpc) is 2.28. The van der Waals surface area contributed by atoms with E-state index in [-0.39, 0.29) is 22.9 Å². The fourth-order valence-electron chi connectivity index (χ4n) is 1.71. The van der Waals surface area contributed by atoms with Gasteiger partial charge in [0.15, 0.2) is 0 Å². The van der Waals surface area contributed by atoms with Crippen LogP contribution in [0.25, 0.3) is 0 Å². The quantitative estimate of drug-likeness (QED) is 0.480. The Balaban J connectivity index is 2.24. The lowest BCUT2D eigenvalue weighted by molar-refractivity contribution is -0.112. The summed E-state index contributed by atoms with van der Waals surface area (Å²) in [6.45, 7) is 3.06. The number of carbonyl (C=O) groups excluding carboxylic acids is 1. The number of carbonyl (C=O) groups is 2. The van der Waals surface area contributed by atoms with Crippen LogP contribution >= 0.6 is 0 Å². The maximum Gasteiger partial charge on any atom is 0.337 e. The number of amides is 1. The summed E-state index contributed by atoms with van der Waals surface area (Å²) in [6, 6.07) is 3.80. The van der Waals surface area contributed by atoms with Gasteiger partial charge in [0.05, 0.1) is 11.3 Å². The number of phenols is 1. The average molecular weight is 262 g/mol. The molecule has 0 unspecified atom stereocenters. The van der Waals surface area contributed by atoms with Crippen molar-refractivity contribution in [3.63, 3.8) is 0 Å². The molecular weight excluding hydrogens is 248 g/mol. The van der Waals surface area contributed by atoms with Crippen LogP contribution in [0.15, 0.2) is 29.3 Å². The van der Waals surface area contributed by atoms with Gasteiger partial charge in [-0.25, -0.2) is 4.79 Å². The highest BCUT2D eigenvalue weighted by Gasteiger charge is 2.18. The van der Waals surface area contributed by atoms with E-state index in [0.717, 1.165) is 11.6 Å². The molecular formula is C13H14N2O4. The van der Waals surface area contributed by atoms with Gasteiger partial charge >= 0.3 is 5.97 Å². The molecule has 0 saturated carbocycles. The summed E-state index contributed by atoms with van der Waals surface area (Å²) in [4.78, 5) is 23.0. The van der Waals surface area contributed by atoms with Crippen LogP contribution in [0, 0.1) is 0 Å². The molecule has 4 N–H and O–H groups in total. The Morgan fingerprint density at radius 3 is 2.53 bits per heavy atom. The zero-order valence-corrected chi connectivity index (χ0v) is 10.4. The Hall–Kier alpha value is -2.34. The van der Waals surface area contributed by atoms with Crippen molar-refractivity contribution in [3.8, 4) is 5.75 Å². The third-order valence-corrected chi connectivity index (χ3v) is 3.03. The van der Waals surface area contributed by atoms with Crippen LogP contribution in [0.1, 0.15) is 17.3 Å². The van der Waals surface area contributed by atoms with Crippen molar-refractivity contribution in [2.45, 2.75) is 6.92 Å². The van der Waals surface area contributed by atoms with Crippen LogP contribution in [0.5, 0.6) is 5.75 Å². The van der Waals surface area contributed by atoms with Crippen LogP contribution < -0.4 is 10.6 Å². The zero-order chi connectivity index (χ0) is 14.0. The summed E-state index contributed by atoms with van der Waals surface area (Å²) < 4.78 is 0. The van der Waals surface area contributed by atoms with Crippen molar-refractivity contribution in [2.24, 2.45) is 0 Å². The fraction of sp³-hybridized carbons (Fsp3) is 0.231. The first-order valence-electron chi connectivity index (χ1n) is 5.76. The van der Waals surface area contributed by atoms with E-state index in [1.807, 2.05) is 0 Å². The standard InChI is InChI=1S/C13H14N2O4/c1-7(8-5-14-6-8)12(17)15-11-3-2-9(16)4-10(11)13(18)19/h2-4,14,16H,5-6H2,1H3,(H,15,17)(H,18,19). The van der Waals surface area contributed by atoms with Crippen molar-refractivity contribution in [1.82, 2.24) is 5.32 Å². The van der Waals surface area contributed by atoms with Gasteiger partial charge in [0.1, 0.15) is 5.75 Å². The van der Waals surface area contributed by atoms with E-state index in [9.17, 15) is 14.7 Å². The molecule has 6 heteroatoms. The van der Waals surface area contributed by atoms with Gasteiger partial charge in [0.25, 0.3) is 5.91 Å². The molecule has 0 atom stereocenters. The molecule has 19 heavy (non-hydrogen) atoms. The lowest BCUT2D eigenvalue weighted by Crippen LogP contribution is -2.36. The zero-order valence-electron chi connectivity index (χ0n) is 10.4. The lowest BCUT2D eigenvalue weighted by Gasteiger charge is -2.21. The molecule has 1 aliphatic rings. The van der Waals surface area contributed by atoms with Gasteiger partial charge in [-0.1, -0.05) is 0 Å². The Morgan fingerprint density at radius 1 is 1.32 bits per heavy atom. The van der Waals surface area contributed by atoms with Crippen LogP contribution in [-0.4, -0.2) is 35.2 Å². The van der Waals surface area contributed by atoms with Crippen LogP contribution in [-0.2, 0) is 4.79 Å². The molecule has 0 spiro atoms. The van der Waals surface area contributed by atoms with E-state index >= 15 is 0 Å². The molecule has 6 nitrogen and oxygen atoms in total. The molecule has 1 aliphatic heterocycles. The maximum atomic E-state index is 12.0. The second-order valence-corrected chi connectivity index (χ2v) is 4.32. The number of rotatable bonds is 3. The van der Waals surface area contributed by atoms with E-state index in [2.05, 4.69) is 10.6 Å². The number of carboxylic acids is 1. The van der Waals surface area contributed by atoms with Gasteiger partial charge in [-0.3, -0.25) is 4.79 Å². The highest BCUT2D eigenvalue weighted by molar-refractivity contribution is 6.07. The number of aromatic carboxylic acids is 1. The van der Waals surface area contributed by atoms with Crippen molar-refractivity contribution < 1.29 is 19.8 Å². The van der Waals surface area contributed by atoms with Crippen LogP contribution in [0.3, 0.4) is 0 Å². The van der Waals surface area contributed by atoms with Crippen LogP contribution in [0.2, 0.25) is 0 Å². The molecule has 1 aromatic rings. The molecule has 0 aromatic heterocycles. The van der Waals surface area contributed by atoms with E-state index in [0.29, 0.717) is 18.7 Å². The molecule has 1 amide bonds. The normalized spacial score (nSPS) is 13.6. The summed E-state index contributed by atoms with van der Waals surface area (Å²) in [5.74, 6) is -1.69. The highest BCUT2D eigenvalue weighted by Crippen LogP contribution is 2.22. The van der Waals surface area contributed by atoms with E-state index in [1.165, 1.54) is 12.1 Å². The molecule has 1 aromatic carbocycles. The predicted molar refractivity (Wildman–Crippen MR) is 69.3 cm³/mol. The van der Waals surface area contributed by atoms with Crippen molar-refractivity contribution in [3.05, 3.63) is 34.9 Å². The SMILES string of the molecule is CC(C(=O)Nc1ccc(O)cc1C(=O)O)=C1CNC1. The third-order valence-electron chi connectivity index (χ3n) is 3.03. The number of carboxylic acid groups (broad SMARTS) is 1.